The second kappa shape index (κ2) is 5.92. The van der Waals surface area contributed by atoms with Crippen molar-refractivity contribution in [2.24, 2.45) is 0 Å². The average Bonchev–Trinajstić information content (AvgIpc) is 2.20. The van der Waals surface area contributed by atoms with Gasteiger partial charge in [0.15, 0.2) is 0 Å². The number of benzene rings is 1. The highest BCUT2D eigenvalue weighted by Crippen LogP contribution is 2.20. The molecule has 0 saturated heterocycles. The van der Waals surface area contributed by atoms with Gasteiger partial charge in [-0.15, -0.1) is 0 Å². The van der Waals surface area contributed by atoms with Crippen LogP contribution in [0.1, 0.15) is 0 Å². The Morgan fingerprint density at radius 3 is 2.73 bits per heavy atom. The Labute approximate surface area is 101 Å². The van der Waals surface area contributed by atoms with Crippen LogP contribution in [-0.2, 0) is 9.53 Å². The average molecular weight is 322 g/mol. The fraction of sp³-hybridized carbons (Fsp3) is 0.300. The highest BCUT2D eigenvalue weighted by molar-refractivity contribution is 14.1. The summed E-state index contributed by atoms with van der Waals surface area (Å²) in [4.78, 5) is 10.8. The van der Waals surface area contributed by atoms with E-state index in [1.807, 2.05) is 12.1 Å². The second-order valence-electron chi connectivity index (χ2n) is 2.83. The number of methoxy groups -OCH3 is 1. The van der Waals surface area contributed by atoms with Crippen molar-refractivity contribution in [1.29, 1.82) is 0 Å². The third kappa shape index (κ3) is 3.67. The first kappa shape index (κ1) is 12.3. The quantitative estimate of drug-likeness (QED) is 0.840. The van der Waals surface area contributed by atoms with Gasteiger partial charge in [-0.25, -0.2) is 4.79 Å². The summed E-state index contributed by atoms with van der Waals surface area (Å²) >= 11 is 2.09. The van der Waals surface area contributed by atoms with E-state index in [-0.39, 0.29) is 6.61 Å². The van der Waals surface area contributed by atoms with Gasteiger partial charge in [0.25, 0.3) is 0 Å². The van der Waals surface area contributed by atoms with Crippen LogP contribution in [0.4, 0.5) is 0 Å². The fourth-order valence-electron chi connectivity index (χ4n) is 1.00. The third-order valence-electron chi connectivity index (χ3n) is 1.70. The number of rotatable bonds is 5. The maximum atomic E-state index is 10.8. The van der Waals surface area contributed by atoms with Crippen molar-refractivity contribution in [3.8, 4) is 5.75 Å². The van der Waals surface area contributed by atoms with Gasteiger partial charge in [0.2, 0.25) is 6.10 Å². The molecule has 0 heterocycles. The highest BCUT2D eigenvalue weighted by Gasteiger charge is 2.19. The number of hydrogen-bond acceptors (Lipinski definition) is 3. The number of carbonyl (C=O) groups is 1. The minimum absolute atomic E-state index is 0.0281. The van der Waals surface area contributed by atoms with Gasteiger partial charge in [-0.1, -0.05) is 12.1 Å². The monoisotopic (exact) mass is 322 g/mol. The van der Waals surface area contributed by atoms with Crippen LogP contribution < -0.4 is 4.74 Å². The molecular weight excluding hydrogens is 311 g/mol. The Morgan fingerprint density at radius 2 is 2.20 bits per heavy atom. The van der Waals surface area contributed by atoms with Gasteiger partial charge in [0.1, 0.15) is 5.75 Å². The van der Waals surface area contributed by atoms with Crippen molar-refractivity contribution in [3.63, 3.8) is 0 Å². The van der Waals surface area contributed by atoms with Gasteiger partial charge in [0, 0.05) is 7.11 Å². The number of para-hydroxylation sites is 1. The minimum Gasteiger partial charge on any atom is -0.478 e. The van der Waals surface area contributed by atoms with E-state index in [2.05, 4.69) is 22.6 Å². The molecule has 0 aliphatic rings. The van der Waals surface area contributed by atoms with E-state index >= 15 is 0 Å². The van der Waals surface area contributed by atoms with Crippen molar-refractivity contribution < 1.29 is 19.4 Å². The molecular formula is C10H11IO4. The molecule has 0 saturated carbocycles. The second-order valence-corrected chi connectivity index (χ2v) is 3.99. The van der Waals surface area contributed by atoms with E-state index < -0.39 is 12.1 Å². The largest absolute Gasteiger partial charge is 0.478 e. The van der Waals surface area contributed by atoms with Gasteiger partial charge < -0.3 is 14.6 Å². The maximum absolute atomic E-state index is 10.8. The van der Waals surface area contributed by atoms with Crippen molar-refractivity contribution in [1.82, 2.24) is 0 Å². The predicted octanol–water partition coefficient (Wildman–Crippen LogP) is 1.77. The maximum Gasteiger partial charge on any atom is 0.347 e. The number of aliphatic carboxylic acids is 1. The Kier molecular flexibility index (Phi) is 4.83. The summed E-state index contributed by atoms with van der Waals surface area (Å²) in [6.45, 7) is 0.0281. The molecule has 4 nitrogen and oxygen atoms in total. The van der Waals surface area contributed by atoms with Crippen molar-refractivity contribution in [2.45, 2.75) is 6.10 Å². The van der Waals surface area contributed by atoms with E-state index in [1.165, 1.54) is 7.11 Å². The smallest absolute Gasteiger partial charge is 0.347 e. The molecule has 0 radical (unpaired) electrons. The minimum atomic E-state index is -1.03. The Bertz CT molecular complexity index is 340. The first-order valence-corrected chi connectivity index (χ1v) is 5.36. The molecule has 1 aromatic carbocycles. The van der Waals surface area contributed by atoms with Crippen LogP contribution in [0, 0.1) is 3.57 Å². The molecule has 1 rings (SSSR count). The van der Waals surface area contributed by atoms with Crippen molar-refractivity contribution in [3.05, 3.63) is 27.8 Å². The predicted molar refractivity (Wildman–Crippen MR) is 63.1 cm³/mol. The number of carboxylic acids is 1. The first-order valence-electron chi connectivity index (χ1n) is 4.28. The van der Waals surface area contributed by atoms with Gasteiger partial charge in [0.05, 0.1) is 10.2 Å². The zero-order valence-electron chi connectivity index (χ0n) is 8.14. The topological polar surface area (TPSA) is 55.8 Å². The fourth-order valence-corrected chi connectivity index (χ4v) is 1.52. The third-order valence-corrected chi connectivity index (χ3v) is 2.59. The molecule has 0 spiro atoms. The molecule has 0 fully saturated rings. The lowest BCUT2D eigenvalue weighted by atomic mass is 10.3. The van der Waals surface area contributed by atoms with Crippen LogP contribution in [-0.4, -0.2) is 30.9 Å². The first-order chi connectivity index (χ1) is 7.15. The summed E-state index contributed by atoms with van der Waals surface area (Å²) in [6, 6.07) is 7.24. The van der Waals surface area contributed by atoms with Crippen LogP contribution in [0.5, 0.6) is 5.75 Å². The van der Waals surface area contributed by atoms with Crippen molar-refractivity contribution >= 4 is 28.6 Å². The van der Waals surface area contributed by atoms with Gasteiger partial charge in [-0.05, 0) is 34.7 Å². The molecule has 15 heavy (non-hydrogen) atoms. The van der Waals surface area contributed by atoms with Gasteiger partial charge in [-0.3, -0.25) is 0 Å². The van der Waals surface area contributed by atoms with Crippen LogP contribution >= 0.6 is 22.6 Å². The number of carboxylic acid groups (broad SMARTS) is 1. The lowest BCUT2D eigenvalue weighted by molar-refractivity contribution is -0.147. The summed E-state index contributed by atoms with van der Waals surface area (Å²) in [7, 11) is 1.44. The van der Waals surface area contributed by atoms with E-state index in [9.17, 15) is 4.79 Å². The molecule has 0 aliphatic heterocycles. The number of ether oxygens (including phenoxy) is 2. The summed E-state index contributed by atoms with van der Waals surface area (Å²) in [5.74, 6) is -0.473. The molecule has 1 N–H and O–H groups in total. The molecule has 1 atom stereocenters. The van der Waals surface area contributed by atoms with E-state index in [4.69, 9.17) is 14.6 Å². The summed E-state index contributed by atoms with van der Waals surface area (Å²) in [5, 5.41) is 8.85. The zero-order valence-corrected chi connectivity index (χ0v) is 10.3. The zero-order chi connectivity index (χ0) is 11.3. The van der Waals surface area contributed by atoms with Crippen LogP contribution in [0.2, 0.25) is 0 Å². The Hall–Kier alpha value is -0.820. The molecule has 0 amide bonds. The normalized spacial score (nSPS) is 12.1. The van der Waals surface area contributed by atoms with Gasteiger partial charge in [-0.2, -0.15) is 0 Å². The lowest BCUT2D eigenvalue weighted by Gasteiger charge is -2.14. The van der Waals surface area contributed by atoms with Crippen molar-refractivity contribution in [2.75, 3.05) is 13.7 Å². The van der Waals surface area contributed by atoms with Crippen LogP contribution in [0.25, 0.3) is 0 Å². The standard InChI is InChI=1S/C10H11IO4/c1-14-6-9(10(12)13)15-8-5-3-2-4-7(8)11/h2-5,9H,6H2,1H3,(H,12,13). The SMILES string of the molecule is COCC(Oc1ccccc1I)C(=O)O. The lowest BCUT2D eigenvalue weighted by Crippen LogP contribution is -2.31. The Balaban J connectivity index is 2.74. The molecule has 5 heteroatoms. The van der Waals surface area contributed by atoms with Crippen LogP contribution in [0.15, 0.2) is 24.3 Å². The summed E-state index contributed by atoms with van der Waals surface area (Å²) in [6.07, 6.45) is -0.967. The summed E-state index contributed by atoms with van der Waals surface area (Å²) < 4.78 is 11.0. The molecule has 82 valence electrons. The van der Waals surface area contributed by atoms with Gasteiger partial charge >= 0.3 is 5.97 Å². The molecule has 1 unspecified atom stereocenters. The van der Waals surface area contributed by atoms with E-state index in [0.717, 1.165) is 3.57 Å². The van der Waals surface area contributed by atoms with Crippen LogP contribution in [0.3, 0.4) is 0 Å². The van der Waals surface area contributed by atoms with E-state index in [1.54, 1.807) is 12.1 Å². The molecule has 0 aromatic heterocycles. The highest BCUT2D eigenvalue weighted by atomic mass is 127. The molecule has 0 bridgehead atoms. The van der Waals surface area contributed by atoms with E-state index in [0.29, 0.717) is 5.75 Å². The summed E-state index contributed by atoms with van der Waals surface area (Å²) in [5.41, 5.74) is 0. The Morgan fingerprint density at radius 1 is 1.53 bits per heavy atom. The molecule has 0 aliphatic carbocycles. The molecule has 1 aromatic rings. The number of halogens is 1. The number of hydrogen-bond donors (Lipinski definition) is 1.